The fourth-order valence-electron chi connectivity index (χ4n) is 8.59. The van der Waals surface area contributed by atoms with Crippen LogP contribution >= 0.6 is 0 Å². The molecule has 0 saturated heterocycles. The summed E-state index contributed by atoms with van der Waals surface area (Å²) in [6, 6.07) is 21.9. The summed E-state index contributed by atoms with van der Waals surface area (Å²) in [7, 11) is 6.54. The number of aliphatic imine (C=N–C) groups is 1. The van der Waals surface area contributed by atoms with Crippen molar-refractivity contribution in [2.45, 2.75) is 51.6 Å². The number of nitrogens with zero attached hydrogens (tertiary/aromatic N) is 7. The minimum absolute atomic E-state index is 0.0264. The lowest BCUT2D eigenvalue weighted by Crippen LogP contribution is -2.37. The second-order valence-corrected chi connectivity index (χ2v) is 17.9. The number of rotatable bonds is 13. The first kappa shape index (κ1) is 44.8. The number of imidazole rings is 1. The lowest BCUT2D eigenvalue weighted by atomic mass is 10.1. The smallest absolute Gasteiger partial charge is 0.291 e. The third kappa shape index (κ3) is 8.94. The maximum atomic E-state index is 13.7. The Bertz CT molecular complexity index is 3200. The normalized spacial score (nSPS) is 14.0. The Morgan fingerprint density at radius 2 is 1.53 bits per heavy atom. The molecule has 0 unspecified atom stereocenters. The van der Waals surface area contributed by atoms with Crippen LogP contribution in [0.5, 0.6) is 11.5 Å². The van der Waals surface area contributed by atoms with E-state index in [9.17, 15) is 24.0 Å². The number of carbonyl (C=O) groups excluding carboxylic acids is 5. The van der Waals surface area contributed by atoms with Crippen molar-refractivity contribution < 1.29 is 33.4 Å². The van der Waals surface area contributed by atoms with E-state index in [0.717, 1.165) is 27.8 Å². The van der Waals surface area contributed by atoms with Crippen LogP contribution in [0.3, 0.4) is 0 Å². The van der Waals surface area contributed by atoms with E-state index in [2.05, 4.69) is 52.0 Å². The maximum Gasteiger partial charge on any atom is 0.291 e. The second kappa shape index (κ2) is 17.8. The lowest BCUT2D eigenvalue weighted by Gasteiger charge is -2.22. The van der Waals surface area contributed by atoms with E-state index in [1.165, 1.54) is 23.9 Å². The van der Waals surface area contributed by atoms with Crippen molar-refractivity contribution in [1.82, 2.24) is 23.3 Å². The zero-order valence-electron chi connectivity index (χ0n) is 38.7. The largest absolute Gasteiger partial charge is 0.493 e. The topological polar surface area (TPSA) is 200 Å². The number of benzene rings is 3. The minimum Gasteiger partial charge on any atom is -0.493 e. The van der Waals surface area contributed by atoms with Gasteiger partial charge in [-0.2, -0.15) is 0 Å². The van der Waals surface area contributed by atoms with Crippen molar-refractivity contribution in [2.24, 2.45) is 26.1 Å². The van der Waals surface area contributed by atoms with Gasteiger partial charge in [0, 0.05) is 93.4 Å². The number of aromatic nitrogens is 5. The van der Waals surface area contributed by atoms with Gasteiger partial charge in [0.2, 0.25) is 11.7 Å². The molecule has 0 fully saturated rings. The summed E-state index contributed by atoms with van der Waals surface area (Å²) in [6.07, 6.45) is 9.42. The summed E-state index contributed by atoms with van der Waals surface area (Å²) in [6.45, 7) is 6.42. The SMILES string of the molecule is COc1cc2c(cc1OCCCC(=O)Nc1cn(C)c(C(=O)Nc3cc(C(=O)Nc4cc(C(=O)n5ccc6cc(NC(C)(C)C)ccc65)n(C)c4)n(C)c3)n1)N=C[C@@H]1Cc3ccccc3N1C2=O. The van der Waals surface area contributed by atoms with E-state index in [0.29, 0.717) is 52.7 Å². The molecule has 0 aliphatic carbocycles. The van der Waals surface area contributed by atoms with Gasteiger partial charge in [-0.15, -0.1) is 0 Å². The highest BCUT2D eigenvalue weighted by molar-refractivity contribution is 6.15. The van der Waals surface area contributed by atoms with Gasteiger partial charge in [0.1, 0.15) is 11.4 Å². The van der Waals surface area contributed by atoms with Crippen molar-refractivity contribution in [3.8, 4) is 11.5 Å². The van der Waals surface area contributed by atoms with Gasteiger partial charge in [0.05, 0.1) is 47.9 Å². The molecule has 0 saturated carbocycles. The molecule has 68 heavy (non-hydrogen) atoms. The van der Waals surface area contributed by atoms with Crippen LogP contribution in [0.1, 0.15) is 81.1 Å². The van der Waals surface area contributed by atoms with Crippen LogP contribution in [0.4, 0.5) is 34.3 Å². The molecular weight excluding hydrogens is 867 g/mol. The second-order valence-electron chi connectivity index (χ2n) is 17.9. The van der Waals surface area contributed by atoms with Gasteiger partial charge >= 0.3 is 0 Å². The van der Waals surface area contributed by atoms with Gasteiger partial charge in [0.25, 0.3) is 23.6 Å². The van der Waals surface area contributed by atoms with Gasteiger partial charge in [-0.05, 0) is 81.3 Å². The van der Waals surface area contributed by atoms with Crippen LogP contribution in [0.15, 0.2) is 103 Å². The molecule has 7 aromatic rings. The molecule has 3 aromatic carbocycles. The first-order valence-corrected chi connectivity index (χ1v) is 22.1. The Morgan fingerprint density at radius 1 is 0.794 bits per heavy atom. The number of carbonyl (C=O) groups is 5. The zero-order valence-corrected chi connectivity index (χ0v) is 38.7. The van der Waals surface area contributed by atoms with Gasteiger partial charge in [0.15, 0.2) is 17.3 Å². The quantitative estimate of drug-likeness (QED) is 0.0844. The molecule has 0 spiro atoms. The number of nitrogens with one attached hydrogen (secondary N) is 4. The average molecular weight is 918 g/mol. The highest BCUT2D eigenvalue weighted by Gasteiger charge is 2.36. The number of ether oxygens (including phenoxy) is 2. The molecule has 4 aromatic heterocycles. The van der Waals surface area contributed by atoms with Gasteiger partial charge in [-0.1, -0.05) is 18.2 Å². The average Bonchev–Trinajstić information content (AvgIpc) is 4.12. The number of para-hydroxylation sites is 1. The van der Waals surface area contributed by atoms with E-state index >= 15 is 0 Å². The summed E-state index contributed by atoms with van der Waals surface area (Å²) >= 11 is 0. The zero-order chi connectivity index (χ0) is 48.0. The number of aryl methyl sites for hydroxylation is 3. The number of amides is 4. The van der Waals surface area contributed by atoms with Crippen molar-refractivity contribution in [3.05, 3.63) is 126 Å². The van der Waals surface area contributed by atoms with Gasteiger partial charge in [-0.3, -0.25) is 38.4 Å². The van der Waals surface area contributed by atoms with E-state index in [4.69, 9.17) is 9.47 Å². The van der Waals surface area contributed by atoms with Crippen LogP contribution in [0.25, 0.3) is 10.9 Å². The molecule has 0 bridgehead atoms. The Labute approximate surface area is 391 Å². The van der Waals surface area contributed by atoms with Crippen LogP contribution in [-0.4, -0.2) is 84.3 Å². The van der Waals surface area contributed by atoms with E-state index < -0.39 is 11.8 Å². The summed E-state index contributed by atoms with van der Waals surface area (Å²) in [5.41, 5.74) is 5.83. The Morgan fingerprint density at radius 3 is 2.29 bits per heavy atom. The number of hydrogen-bond acceptors (Lipinski definition) is 10. The molecule has 2 aliphatic heterocycles. The fourth-order valence-corrected chi connectivity index (χ4v) is 8.59. The van der Waals surface area contributed by atoms with Gasteiger partial charge < -0.3 is 44.4 Å². The highest BCUT2D eigenvalue weighted by Crippen LogP contribution is 2.41. The van der Waals surface area contributed by atoms with Crippen LogP contribution in [-0.2, 0) is 32.4 Å². The third-order valence-electron chi connectivity index (χ3n) is 11.7. The number of fused-ring (bicyclic) bond motifs is 5. The van der Waals surface area contributed by atoms with Crippen molar-refractivity contribution in [1.29, 1.82) is 0 Å². The number of anilines is 5. The summed E-state index contributed by atoms with van der Waals surface area (Å²) in [5.74, 6) is -0.789. The monoisotopic (exact) mass is 917 g/mol. The van der Waals surface area contributed by atoms with E-state index in [1.807, 2.05) is 48.5 Å². The summed E-state index contributed by atoms with van der Waals surface area (Å²) in [4.78, 5) is 78.0. The molecule has 2 aliphatic rings. The minimum atomic E-state index is -0.560. The third-order valence-corrected chi connectivity index (χ3v) is 11.7. The Kier molecular flexibility index (Phi) is 11.7. The standard InChI is InChI=1S/C50H51N11O7/c1-50(2,3)56-31-14-15-37-30(19-31)16-17-60(37)49(66)40-22-33(27-58(40)5)52-46(63)39-21-32(26-57(39)4)53-47(64)45-55-43(28-59(45)6)54-44(62)13-10-18-68-42-24-36-35(23-41(42)67-7)48(65)61-34(25-51-36)20-29-11-8-9-12-38(29)61/h8-9,11-12,14-17,19,21-28,34,56H,10,13,18,20H2,1-7H3,(H,52,63)(H,53,64)(H,54,62)/t34-/m0/s1. The van der Waals surface area contributed by atoms with E-state index in [-0.39, 0.29) is 59.7 Å². The maximum absolute atomic E-state index is 13.7. The van der Waals surface area contributed by atoms with Crippen molar-refractivity contribution in [2.75, 3.05) is 39.9 Å². The molecule has 0 radical (unpaired) electrons. The number of hydrogen-bond donors (Lipinski definition) is 4. The Balaban J connectivity index is 0.770. The fraction of sp³-hybridized carbons (Fsp3) is 0.260. The summed E-state index contributed by atoms with van der Waals surface area (Å²) < 4.78 is 17.9. The Hall–Kier alpha value is -8.41. The molecule has 6 heterocycles. The van der Waals surface area contributed by atoms with Crippen LogP contribution in [0, 0.1) is 0 Å². The van der Waals surface area contributed by atoms with E-state index in [1.54, 1.807) is 82.7 Å². The molecule has 4 N–H and O–H groups in total. The molecule has 348 valence electrons. The first-order chi connectivity index (χ1) is 32.5. The molecule has 1 atom stereocenters. The molecule has 4 amide bonds. The first-order valence-electron chi connectivity index (χ1n) is 22.1. The molecule has 18 nitrogen and oxygen atoms in total. The molecular formula is C50H51N11O7. The number of methoxy groups -OCH3 is 1. The molecule has 18 heteroatoms. The van der Waals surface area contributed by atoms with Crippen molar-refractivity contribution >= 4 is 80.9 Å². The van der Waals surface area contributed by atoms with Gasteiger partial charge in [-0.25, -0.2) is 4.98 Å². The predicted molar refractivity (Wildman–Crippen MR) is 260 cm³/mol. The summed E-state index contributed by atoms with van der Waals surface area (Å²) in [5, 5.41) is 12.7. The van der Waals surface area contributed by atoms with Crippen LogP contribution < -0.4 is 35.6 Å². The highest BCUT2D eigenvalue weighted by atomic mass is 16.5. The van der Waals surface area contributed by atoms with Crippen LogP contribution in [0.2, 0.25) is 0 Å². The lowest BCUT2D eigenvalue weighted by molar-refractivity contribution is -0.116. The molecule has 9 rings (SSSR count). The van der Waals surface area contributed by atoms with Crippen molar-refractivity contribution in [3.63, 3.8) is 0 Å². The predicted octanol–water partition coefficient (Wildman–Crippen LogP) is 7.55.